The Morgan fingerprint density at radius 1 is 1.56 bits per heavy atom. The lowest BCUT2D eigenvalue weighted by Crippen LogP contribution is -2.63. The van der Waals surface area contributed by atoms with Crippen LogP contribution in [0.25, 0.3) is 0 Å². The predicted octanol–water partition coefficient (Wildman–Crippen LogP) is 1.60. The Morgan fingerprint density at radius 3 is 2.78 bits per heavy atom. The fraction of sp³-hybridized carbons (Fsp3) is 0.545. The quantitative estimate of drug-likeness (QED) is 0.666. The third-order valence-corrected chi connectivity index (χ3v) is 3.78. The van der Waals surface area contributed by atoms with E-state index in [0.29, 0.717) is 19.0 Å². The third kappa shape index (κ3) is 1.81. The van der Waals surface area contributed by atoms with Crippen LogP contribution in [0.1, 0.15) is 12.8 Å². The first-order valence-electron chi connectivity index (χ1n) is 5.77. The van der Waals surface area contributed by atoms with Crippen LogP contribution in [0.2, 0.25) is 5.02 Å². The summed E-state index contributed by atoms with van der Waals surface area (Å²) in [6.07, 6.45) is 3.47. The molecule has 2 aliphatic rings. The molecule has 0 amide bonds. The number of anilines is 1. The van der Waals surface area contributed by atoms with E-state index in [1.807, 2.05) is 0 Å². The van der Waals surface area contributed by atoms with Gasteiger partial charge in [-0.25, -0.2) is 4.98 Å². The molecular formula is C11H12ClN3O3. The highest BCUT2D eigenvalue weighted by atomic mass is 35.5. The second-order valence-corrected chi connectivity index (χ2v) is 5.42. The van der Waals surface area contributed by atoms with Gasteiger partial charge in [0, 0.05) is 12.3 Å². The maximum Gasteiger partial charge on any atom is 0.313 e. The van der Waals surface area contributed by atoms with Gasteiger partial charge in [0.2, 0.25) is 5.82 Å². The zero-order valence-corrected chi connectivity index (χ0v) is 10.3. The maximum absolute atomic E-state index is 10.9. The molecule has 0 unspecified atom stereocenters. The van der Waals surface area contributed by atoms with Crippen molar-refractivity contribution < 1.29 is 10.0 Å². The lowest BCUT2D eigenvalue weighted by Gasteiger charge is -2.47. The van der Waals surface area contributed by atoms with E-state index >= 15 is 0 Å². The minimum absolute atomic E-state index is 0.111. The molecule has 18 heavy (non-hydrogen) atoms. The van der Waals surface area contributed by atoms with E-state index in [9.17, 15) is 15.2 Å². The largest absolute Gasteiger partial charge is 0.386 e. The Morgan fingerprint density at radius 2 is 2.22 bits per heavy atom. The Bertz CT molecular complexity index is 512. The topological polar surface area (TPSA) is 79.5 Å². The molecule has 6 nitrogen and oxygen atoms in total. The van der Waals surface area contributed by atoms with Gasteiger partial charge >= 0.3 is 5.69 Å². The Labute approximate surface area is 108 Å². The monoisotopic (exact) mass is 269 g/mol. The zero-order chi connectivity index (χ0) is 12.9. The van der Waals surface area contributed by atoms with Gasteiger partial charge in [0.25, 0.3) is 0 Å². The Balaban J connectivity index is 1.83. The summed E-state index contributed by atoms with van der Waals surface area (Å²) in [7, 11) is 0. The molecule has 1 aliphatic heterocycles. The summed E-state index contributed by atoms with van der Waals surface area (Å²) >= 11 is 5.71. The van der Waals surface area contributed by atoms with E-state index < -0.39 is 10.5 Å². The molecule has 7 heteroatoms. The number of hydrogen-bond donors (Lipinski definition) is 1. The average Bonchev–Trinajstić information content (AvgIpc) is 3.09. The van der Waals surface area contributed by atoms with Crippen molar-refractivity contribution in [3.63, 3.8) is 0 Å². The molecule has 2 fully saturated rings. The first-order valence-corrected chi connectivity index (χ1v) is 6.15. The number of nitrogens with zero attached hydrogens (tertiary/aromatic N) is 3. The first-order chi connectivity index (χ1) is 8.49. The predicted molar refractivity (Wildman–Crippen MR) is 65.8 cm³/mol. The van der Waals surface area contributed by atoms with Crippen molar-refractivity contribution in [3.8, 4) is 0 Å². The number of β-amino-alcohol motifs (C(OH)–C–C–N with tert-alkyl or cyclic N) is 1. The van der Waals surface area contributed by atoms with Crippen molar-refractivity contribution in [1.29, 1.82) is 0 Å². The zero-order valence-electron chi connectivity index (χ0n) is 9.54. The molecule has 0 atom stereocenters. The van der Waals surface area contributed by atoms with Crippen LogP contribution < -0.4 is 4.90 Å². The SMILES string of the molecule is O=[N+]([O-])c1cc(Cl)cnc1N1CC(O)(C2CC2)C1. The smallest absolute Gasteiger partial charge is 0.313 e. The van der Waals surface area contributed by atoms with Crippen LogP contribution in [0.15, 0.2) is 12.3 Å². The number of aromatic nitrogens is 1. The summed E-state index contributed by atoms with van der Waals surface area (Å²) in [5.74, 6) is 0.634. The molecule has 1 aliphatic carbocycles. The van der Waals surface area contributed by atoms with Gasteiger partial charge < -0.3 is 10.0 Å². The van der Waals surface area contributed by atoms with Crippen LogP contribution in [0.5, 0.6) is 0 Å². The minimum atomic E-state index is -0.685. The highest BCUT2D eigenvalue weighted by Gasteiger charge is 2.53. The maximum atomic E-state index is 10.9. The van der Waals surface area contributed by atoms with Crippen LogP contribution in [0.3, 0.4) is 0 Å². The molecule has 0 bridgehead atoms. The molecule has 0 spiro atoms. The molecule has 2 heterocycles. The van der Waals surface area contributed by atoms with Gasteiger partial charge in [-0.3, -0.25) is 10.1 Å². The fourth-order valence-corrected chi connectivity index (χ4v) is 2.59. The Kier molecular flexibility index (Phi) is 2.46. The van der Waals surface area contributed by atoms with Gasteiger partial charge in [-0.1, -0.05) is 11.6 Å². The Hall–Kier alpha value is -1.40. The minimum Gasteiger partial charge on any atom is -0.386 e. The van der Waals surface area contributed by atoms with Crippen LogP contribution in [-0.4, -0.2) is 33.7 Å². The van der Waals surface area contributed by atoms with Crippen molar-refractivity contribution in [2.24, 2.45) is 5.92 Å². The lowest BCUT2D eigenvalue weighted by molar-refractivity contribution is -0.384. The molecule has 96 valence electrons. The summed E-state index contributed by atoms with van der Waals surface area (Å²) in [5, 5.41) is 21.4. The van der Waals surface area contributed by atoms with Gasteiger partial charge in [-0.05, 0) is 18.8 Å². The molecule has 0 aromatic carbocycles. The van der Waals surface area contributed by atoms with Gasteiger partial charge in [-0.2, -0.15) is 0 Å². The van der Waals surface area contributed by atoms with Crippen molar-refractivity contribution in [1.82, 2.24) is 4.98 Å². The number of pyridine rings is 1. The van der Waals surface area contributed by atoms with Gasteiger partial charge in [0.05, 0.1) is 23.0 Å². The highest BCUT2D eigenvalue weighted by Crippen LogP contribution is 2.46. The molecule has 1 saturated heterocycles. The van der Waals surface area contributed by atoms with Gasteiger partial charge in [0.15, 0.2) is 0 Å². The number of rotatable bonds is 3. The molecule has 1 aromatic rings. The fourth-order valence-electron chi connectivity index (χ4n) is 2.44. The summed E-state index contributed by atoms with van der Waals surface area (Å²) in [4.78, 5) is 16.2. The molecule has 0 radical (unpaired) electrons. The van der Waals surface area contributed by atoms with Crippen molar-refractivity contribution in [3.05, 3.63) is 27.4 Å². The average molecular weight is 270 g/mol. The van der Waals surface area contributed by atoms with Gasteiger partial charge in [0.1, 0.15) is 5.60 Å². The van der Waals surface area contributed by atoms with Gasteiger partial charge in [-0.15, -0.1) is 0 Å². The van der Waals surface area contributed by atoms with E-state index in [1.54, 1.807) is 4.90 Å². The molecule has 1 saturated carbocycles. The van der Waals surface area contributed by atoms with Crippen LogP contribution in [0, 0.1) is 16.0 Å². The number of aliphatic hydroxyl groups is 1. The van der Waals surface area contributed by atoms with E-state index in [1.165, 1.54) is 12.3 Å². The highest BCUT2D eigenvalue weighted by molar-refractivity contribution is 6.30. The van der Waals surface area contributed by atoms with Crippen LogP contribution in [-0.2, 0) is 0 Å². The van der Waals surface area contributed by atoms with E-state index in [0.717, 1.165) is 12.8 Å². The van der Waals surface area contributed by atoms with E-state index in [2.05, 4.69) is 4.98 Å². The third-order valence-electron chi connectivity index (χ3n) is 3.58. The lowest BCUT2D eigenvalue weighted by atomic mass is 9.88. The summed E-state index contributed by atoms with van der Waals surface area (Å²) in [6.45, 7) is 0.820. The number of hydrogen-bond acceptors (Lipinski definition) is 5. The molecule has 1 aromatic heterocycles. The van der Waals surface area contributed by atoms with Crippen LogP contribution in [0.4, 0.5) is 11.5 Å². The van der Waals surface area contributed by atoms with Crippen LogP contribution >= 0.6 is 11.6 Å². The summed E-state index contributed by atoms with van der Waals surface area (Å²) in [6, 6.07) is 1.29. The number of nitro groups is 1. The molecule has 3 rings (SSSR count). The van der Waals surface area contributed by atoms with Crippen molar-refractivity contribution in [2.45, 2.75) is 18.4 Å². The molecular weight excluding hydrogens is 258 g/mol. The first kappa shape index (κ1) is 11.7. The summed E-state index contributed by atoms with van der Waals surface area (Å²) < 4.78 is 0. The second kappa shape index (κ2) is 3.80. The van der Waals surface area contributed by atoms with Crippen molar-refractivity contribution >= 4 is 23.1 Å². The second-order valence-electron chi connectivity index (χ2n) is 4.99. The van der Waals surface area contributed by atoms with Crippen molar-refractivity contribution in [2.75, 3.05) is 18.0 Å². The number of halogens is 1. The van der Waals surface area contributed by atoms with E-state index in [-0.39, 0.29) is 16.5 Å². The van der Waals surface area contributed by atoms with E-state index in [4.69, 9.17) is 11.6 Å². The molecule has 1 N–H and O–H groups in total. The summed E-state index contributed by atoms with van der Waals surface area (Å²) in [5.41, 5.74) is -0.796. The standard InChI is InChI=1S/C11H12ClN3O3/c12-8-3-9(15(17)18)10(13-4-8)14-5-11(16,6-14)7-1-2-7/h3-4,7,16H,1-2,5-6H2. The normalized spacial score (nSPS) is 21.6.